The first-order valence-electron chi connectivity index (χ1n) is 8.44. The highest BCUT2D eigenvalue weighted by Gasteiger charge is 2.15. The number of nitrogens with zero attached hydrogens (tertiary/aromatic N) is 2. The van der Waals surface area contributed by atoms with Crippen LogP contribution in [0.15, 0.2) is 58.8 Å². The van der Waals surface area contributed by atoms with Crippen molar-refractivity contribution in [3.63, 3.8) is 0 Å². The van der Waals surface area contributed by atoms with Gasteiger partial charge in [0.1, 0.15) is 5.75 Å². The molecule has 0 atom stereocenters. The number of aromatic nitrogens is 1. The van der Waals surface area contributed by atoms with Gasteiger partial charge in [-0.2, -0.15) is 0 Å². The number of fused-ring (bicyclic) bond motifs is 2. The highest BCUT2D eigenvalue weighted by Crippen LogP contribution is 2.37. The molecule has 6 nitrogen and oxygen atoms in total. The lowest BCUT2D eigenvalue weighted by molar-refractivity contribution is 0.0992. The number of carbonyl (C=O) groups is 1. The third-order valence-corrected chi connectivity index (χ3v) is 4.54. The van der Waals surface area contributed by atoms with E-state index in [2.05, 4.69) is 15.2 Å². The highest BCUT2D eigenvalue weighted by molar-refractivity contribution is 6.02. The number of aromatic hydroxyl groups is 2. The summed E-state index contributed by atoms with van der Waals surface area (Å²) in [5.74, 6) is -0.998. The first kappa shape index (κ1) is 16.8. The summed E-state index contributed by atoms with van der Waals surface area (Å²) >= 11 is 0. The highest BCUT2D eigenvalue weighted by atomic mass is 16.3. The molecular weight excluding hydrogens is 342 g/mol. The fourth-order valence-corrected chi connectivity index (χ4v) is 3.28. The summed E-state index contributed by atoms with van der Waals surface area (Å²) in [5.41, 5.74) is 2.97. The molecule has 134 valence electrons. The maximum Gasteiger partial charge on any atom is 0.299 e. The van der Waals surface area contributed by atoms with Crippen LogP contribution in [-0.2, 0) is 0 Å². The molecule has 0 unspecified atom stereocenters. The summed E-state index contributed by atoms with van der Waals surface area (Å²) in [7, 11) is 0. The molecule has 0 saturated carbocycles. The summed E-state index contributed by atoms with van der Waals surface area (Å²) < 4.78 is 0. The van der Waals surface area contributed by atoms with Gasteiger partial charge in [0.05, 0.1) is 11.1 Å². The second-order valence-corrected chi connectivity index (χ2v) is 6.55. The van der Waals surface area contributed by atoms with Crippen LogP contribution in [0.2, 0.25) is 0 Å². The quantitative estimate of drug-likeness (QED) is 0.425. The van der Waals surface area contributed by atoms with Crippen LogP contribution in [-0.4, -0.2) is 21.1 Å². The smallest absolute Gasteiger partial charge is 0.299 e. The minimum atomic E-state index is -0.684. The Kier molecular flexibility index (Phi) is 3.88. The van der Waals surface area contributed by atoms with Gasteiger partial charge in [0.25, 0.3) is 5.91 Å². The number of phenolic OH excluding ortho intramolecular Hbond substituents is 1. The number of aromatic amines is 1. The van der Waals surface area contributed by atoms with Gasteiger partial charge in [0.2, 0.25) is 5.88 Å². The van der Waals surface area contributed by atoms with Crippen molar-refractivity contribution in [1.29, 1.82) is 0 Å². The maximum absolute atomic E-state index is 12.5. The van der Waals surface area contributed by atoms with Crippen molar-refractivity contribution in [2.24, 2.45) is 10.2 Å². The molecule has 0 aliphatic rings. The molecule has 1 aromatic heterocycles. The van der Waals surface area contributed by atoms with Crippen LogP contribution in [0.4, 0.5) is 5.69 Å². The normalized spacial score (nSPS) is 11.6. The van der Waals surface area contributed by atoms with E-state index in [4.69, 9.17) is 0 Å². The summed E-state index contributed by atoms with van der Waals surface area (Å²) in [6.07, 6.45) is 0. The number of hydrogen-bond acceptors (Lipinski definition) is 4. The van der Waals surface area contributed by atoms with Crippen LogP contribution in [0.1, 0.15) is 21.5 Å². The van der Waals surface area contributed by atoms with Crippen molar-refractivity contribution >= 4 is 33.3 Å². The molecule has 0 radical (unpaired) electrons. The lowest BCUT2D eigenvalue weighted by atomic mass is 10.1. The number of aryl methyl sites for hydroxylation is 2. The number of azo groups is 1. The topological polar surface area (TPSA) is 98.0 Å². The summed E-state index contributed by atoms with van der Waals surface area (Å²) in [4.78, 5) is 15.3. The van der Waals surface area contributed by atoms with E-state index in [0.29, 0.717) is 5.39 Å². The van der Waals surface area contributed by atoms with Crippen molar-refractivity contribution in [1.82, 2.24) is 4.98 Å². The number of benzene rings is 3. The van der Waals surface area contributed by atoms with Crippen LogP contribution in [0.3, 0.4) is 0 Å². The van der Waals surface area contributed by atoms with Crippen molar-refractivity contribution < 1.29 is 15.0 Å². The van der Waals surface area contributed by atoms with Gasteiger partial charge in [-0.25, -0.2) is 0 Å². The number of phenols is 1. The zero-order chi connectivity index (χ0) is 19.1. The van der Waals surface area contributed by atoms with Crippen molar-refractivity contribution in [2.45, 2.75) is 13.8 Å². The number of amides is 1. The Labute approximate surface area is 154 Å². The standard InChI is InChI=1S/C21H17N3O3/c1-11-7-12(2)18-16(8-11)19(21(27)22-18)23-24-20(26)15-9-13-5-3-4-6-14(13)10-17(15)25/h3-10,22,25,27H,1-2H3. The van der Waals surface area contributed by atoms with Gasteiger partial charge < -0.3 is 15.2 Å². The molecule has 0 aliphatic heterocycles. The zero-order valence-corrected chi connectivity index (χ0v) is 14.8. The minimum Gasteiger partial charge on any atom is -0.507 e. The van der Waals surface area contributed by atoms with Crippen molar-refractivity contribution in [3.05, 3.63) is 65.2 Å². The Morgan fingerprint density at radius 1 is 1.00 bits per heavy atom. The van der Waals surface area contributed by atoms with E-state index in [1.165, 1.54) is 6.07 Å². The van der Waals surface area contributed by atoms with E-state index in [1.807, 2.05) is 50.2 Å². The van der Waals surface area contributed by atoms with Crippen LogP contribution < -0.4 is 0 Å². The van der Waals surface area contributed by atoms with E-state index >= 15 is 0 Å². The second kappa shape index (κ2) is 6.25. The van der Waals surface area contributed by atoms with Crippen LogP contribution >= 0.6 is 0 Å². The van der Waals surface area contributed by atoms with Gasteiger partial charge >= 0.3 is 0 Å². The average molecular weight is 359 g/mol. The Morgan fingerprint density at radius 2 is 1.70 bits per heavy atom. The molecule has 1 amide bonds. The number of carbonyl (C=O) groups excluding carboxylic acids is 1. The first-order chi connectivity index (χ1) is 12.9. The predicted molar refractivity (Wildman–Crippen MR) is 104 cm³/mol. The molecular formula is C21H17N3O3. The molecule has 0 spiro atoms. The van der Waals surface area contributed by atoms with E-state index in [9.17, 15) is 15.0 Å². The third kappa shape index (κ3) is 2.91. The minimum absolute atomic E-state index is 0.0594. The summed E-state index contributed by atoms with van der Waals surface area (Å²) in [6.45, 7) is 3.86. The fourth-order valence-electron chi connectivity index (χ4n) is 3.28. The molecule has 0 bridgehead atoms. The summed E-state index contributed by atoms with van der Waals surface area (Å²) in [5, 5.41) is 30.3. The van der Waals surface area contributed by atoms with Gasteiger partial charge in [-0.05, 0) is 48.4 Å². The van der Waals surface area contributed by atoms with Gasteiger partial charge in [0, 0.05) is 5.39 Å². The van der Waals surface area contributed by atoms with E-state index in [-0.39, 0.29) is 22.9 Å². The number of rotatable bonds is 2. The molecule has 6 heteroatoms. The van der Waals surface area contributed by atoms with Gasteiger partial charge in [-0.3, -0.25) is 4.79 Å². The zero-order valence-electron chi connectivity index (χ0n) is 14.8. The third-order valence-electron chi connectivity index (χ3n) is 4.54. The van der Waals surface area contributed by atoms with Crippen molar-refractivity contribution in [3.8, 4) is 11.6 Å². The van der Waals surface area contributed by atoms with E-state index < -0.39 is 5.91 Å². The molecule has 0 saturated heterocycles. The Balaban J connectivity index is 1.75. The molecule has 0 aliphatic carbocycles. The SMILES string of the molecule is Cc1cc(C)c2[nH]c(O)c(N=NC(=O)c3cc4ccccc4cc3O)c2c1. The van der Waals surface area contributed by atoms with E-state index in [0.717, 1.165) is 27.4 Å². The average Bonchev–Trinajstić information content (AvgIpc) is 2.95. The Morgan fingerprint density at radius 3 is 2.44 bits per heavy atom. The molecule has 27 heavy (non-hydrogen) atoms. The van der Waals surface area contributed by atoms with Crippen LogP contribution in [0.5, 0.6) is 11.6 Å². The molecule has 1 heterocycles. The fraction of sp³-hybridized carbons (Fsp3) is 0.0952. The van der Waals surface area contributed by atoms with Crippen molar-refractivity contribution in [2.75, 3.05) is 0 Å². The van der Waals surface area contributed by atoms with Crippen LogP contribution in [0, 0.1) is 13.8 Å². The van der Waals surface area contributed by atoms with Gasteiger partial charge in [-0.15, -0.1) is 10.2 Å². The van der Waals surface area contributed by atoms with Crippen LogP contribution in [0.25, 0.3) is 21.7 Å². The maximum atomic E-state index is 12.5. The largest absolute Gasteiger partial charge is 0.507 e. The number of H-pyrrole nitrogens is 1. The predicted octanol–water partition coefficient (Wildman–Crippen LogP) is 5.27. The number of hydrogen-bond donors (Lipinski definition) is 3. The Hall–Kier alpha value is -3.67. The molecule has 0 fully saturated rings. The number of nitrogens with one attached hydrogen (secondary N) is 1. The molecule has 3 aromatic carbocycles. The lowest BCUT2D eigenvalue weighted by Gasteiger charge is -2.03. The molecule has 4 aromatic rings. The van der Waals surface area contributed by atoms with Gasteiger partial charge in [-0.1, -0.05) is 35.9 Å². The second-order valence-electron chi connectivity index (χ2n) is 6.55. The Bertz CT molecular complexity index is 1240. The monoisotopic (exact) mass is 359 g/mol. The molecule has 4 rings (SSSR count). The summed E-state index contributed by atoms with van der Waals surface area (Å²) in [6, 6.07) is 14.3. The lowest BCUT2D eigenvalue weighted by Crippen LogP contribution is -1.94. The first-order valence-corrected chi connectivity index (χ1v) is 8.44. The molecule has 3 N–H and O–H groups in total. The van der Waals surface area contributed by atoms with Gasteiger partial charge in [0.15, 0.2) is 5.69 Å². The van der Waals surface area contributed by atoms with E-state index in [1.54, 1.807) is 6.07 Å².